The zero-order valence-corrected chi connectivity index (χ0v) is 15.2. The Morgan fingerprint density at radius 2 is 1.96 bits per heavy atom. The molecule has 1 aromatic carbocycles. The van der Waals surface area contributed by atoms with Crippen molar-refractivity contribution in [2.75, 3.05) is 26.0 Å². The highest BCUT2D eigenvalue weighted by molar-refractivity contribution is 7.89. The number of hydrogen-bond donors (Lipinski definition) is 2. The van der Waals surface area contributed by atoms with Gasteiger partial charge in [-0.15, -0.1) is 0 Å². The fourth-order valence-corrected chi connectivity index (χ4v) is 4.47. The van der Waals surface area contributed by atoms with Crippen LogP contribution in [-0.2, 0) is 14.8 Å². The van der Waals surface area contributed by atoms with Gasteiger partial charge >= 0.3 is 0 Å². The lowest BCUT2D eigenvalue weighted by atomic mass is 9.96. The maximum atomic E-state index is 12.8. The molecule has 24 heavy (non-hydrogen) atoms. The van der Waals surface area contributed by atoms with Gasteiger partial charge in [0.25, 0.3) is 0 Å². The van der Waals surface area contributed by atoms with Crippen molar-refractivity contribution in [2.24, 2.45) is 0 Å². The van der Waals surface area contributed by atoms with Gasteiger partial charge in [0.1, 0.15) is 0 Å². The quantitative estimate of drug-likeness (QED) is 0.788. The topological polar surface area (TPSA) is 78.5 Å². The molecule has 2 rings (SSSR count). The molecule has 0 spiro atoms. The summed E-state index contributed by atoms with van der Waals surface area (Å²) in [5, 5.41) is 5.65. The van der Waals surface area contributed by atoms with Gasteiger partial charge in [0.05, 0.1) is 4.90 Å². The number of carbonyl (C=O) groups excluding carboxylic acids is 1. The van der Waals surface area contributed by atoms with Gasteiger partial charge in [-0.1, -0.05) is 25.3 Å². The number of amides is 1. The summed E-state index contributed by atoms with van der Waals surface area (Å²) >= 11 is 0. The van der Waals surface area contributed by atoms with Crippen molar-refractivity contribution < 1.29 is 13.2 Å². The Morgan fingerprint density at radius 1 is 1.25 bits per heavy atom. The first kappa shape index (κ1) is 18.9. The Kier molecular flexibility index (Phi) is 6.77. The number of nitrogens with one attached hydrogen (secondary N) is 2. The van der Waals surface area contributed by atoms with Gasteiger partial charge in [0, 0.05) is 31.7 Å². The lowest BCUT2D eigenvalue weighted by Crippen LogP contribution is -2.38. The van der Waals surface area contributed by atoms with E-state index in [4.69, 9.17) is 0 Å². The first-order valence-electron chi connectivity index (χ1n) is 8.47. The molecule has 6 nitrogen and oxygen atoms in total. The standard InChI is InChI=1S/C17H27N3O3S/c1-18-12-11-17(21)19-14-7-6-10-16(13-14)24(22,23)20(2)15-8-4-3-5-9-15/h6-7,10,13,15,18H,3-5,8-9,11-12H2,1-2H3,(H,19,21). The minimum absolute atomic E-state index is 0.0672. The molecule has 1 aromatic rings. The molecule has 0 heterocycles. The lowest BCUT2D eigenvalue weighted by Gasteiger charge is -2.30. The van der Waals surface area contributed by atoms with Gasteiger partial charge in [-0.25, -0.2) is 8.42 Å². The van der Waals surface area contributed by atoms with Crippen molar-refractivity contribution in [2.45, 2.75) is 49.5 Å². The van der Waals surface area contributed by atoms with E-state index in [1.807, 2.05) is 0 Å². The molecule has 0 unspecified atom stereocenters. The van der Waals surface area contributed by atoms with E-state index in [1.165, 1.54) is 16.8 Å². The van der Waals surface area contributed by atoms with E-state index in [9.17, 15) is 13.2 Å². The van der Waals surface area contributed by atoms with Crippen LogP contribution in [0.2, 0.25) is 0 Å². The lowest BCUT2D eigenvalue weighted by molar-refractivity contribution is -0.116. The highest BCUT2D eigenvalue weighted by Gasteiger charge is 2.29. The molecule has 1 amide bonds. The first-order chi connectivity index (χ1) is 11.4. The zero-order valence-electron chi connectivity index (χ0n) is 14.4. The van der Waals surface area contributed by atoms with Crippen LogP contribution in [0.3, 0.4) is 0 Å². The van der Waals surface area contributed by atoms with Crippen LogP contribution < -0.4 is 10.6 Å². The van der Waals surface area contributed by atoms with Crippen LogP contribution in [0.4, 0.5) is 5.69 Å². The zero-order chi connectivity index (χ0) is 17.6. The van der Waals surface area contributed by atoms with Crippen LogP contribution in [0.1, 0.15) is 38.5 Å². The highest BCUT2D eigenvalue weighted by atomic mass is 32.2. The summed E-state index contributed by atoms with van der Waals surface area (Å²) in [6.07, 6.45) is 5.50. The third-order valence-corrected chi connectivity index (χ3v) is 6.39. The number of hydrogen-bond acceptors (Lipinski definition) is 4. The second-order valence-corrected chi connectivity index (χ2v) is 8.24. The minimum Gasteiger partial charge on any atom is -0.326 e. The smallest absolute Gasteiger partial charge is 0.243 e. The predicted octanol–water partition coefficient (Wildman–Crippen LogP) is 2.19. The first-order valence-corrected chi connectivity index (χ1v) is 9.91. The van der Waals surface area contributed by atoms with E-state index in [0.29, 0.717) is 18.7 Å². The molecule has 0 aromatic heterocycles. The van der Waals surface area contributed by atoms with Gasteiger partial charge in [-0.2, -0.15) is 4.31 Å². The third-order valence-electron chi connectivity index (χ3n) is 4.49. The molecule has 1 fully saturated rings. The van der Waals surface area contributed by atoms with E-state index < -0.39 is 10.0 Å². The van der Waals surface area contributed by atoms with E-state index in [0.717, 1.165) is 25.7 Å². The minimum atomic E-state index is -3.54. The number of anilines is 1. The van der Waals surface area contributed by atoms with Crippen molar-refractivity contribution >= 4 is 21.6 Å². The van der Waals surface area contributed by atoms with Crippen LogP contribution in [0.5, 0.6) is 0 Å². The molecule has 0 saturated heterocycles. The van der Waals surface area contributed by atoms with Crippen LogP contribution in [0.15, 0.2) is 29.2 Å². The Balaban J connectivity index is 2.12. The maximum absolute atomic E-state index is 12.8. The van der Waals surface area contributed by atoms with Gasteiger partial charge in [-0.3, -0.25) is 4.79 Å². The molecular formula is C17H27N3O3S. The Morgan fingerprint density at radius 3 is 2.62 bits per heavy atom. The van der Waals surface area contributed by atoms with Crippen molar-refractivity contribution in [3.8, 4) is 0 Å². The van der Waals surface area contributed by atoms with Gasteiger partial charge < -0.3 is 10.6 Å². The third kappa shape index (κ3) is 4.78. The number of sulfonamides is 1. The summed E-state index contributed by atoms with van der Waals surface area (Å²) in [5.41, 5.74) is 0.509. The van der Waals surface area contributed by atoms with Crippen molar-refractivity contribution in [3.63, 3.8) is 0 Å². The summed E-state index contributed by atoms with van der Waals surface area (Å²) in [5.74, 6) is -0.139. The van der Waals surface area contributed by atoms with Crippen molar-refractivity contribution in [1.29, 1.82) is 0 Å². The molecule has 134 valence electrons. The Labute approximate surface area is 144 Å². The maximum Gasteiger partial charge on any atom is 0.243 e. The van der Waals surface area contributed by atoms with E-state index >= 15 is 0 Å². The van der Waals surface area contributed by atoms with Crippen LogP contribution in [-0.4, -0.2) is 45.3 Å². The molecule has 0 atom stereocenters. The summed E-state index contributed by atoms with van der Waals surface area (Å²) < 4.78 is 27.2. The second-order valence-electron chi connectivity index (χ2n) is 6.24. The number of rotatable bonds is 7. The predicted molar refractivity (Wildman–Crippen MR) is 95.4 cm³/mol. The highest BCUT2D eigenvalue weighted by Crippen LogP contribution is 2.27. The average Bonchev–Trinajstić information content (AvgIpc) is 2.60. The van der Waals surface area contributed by atoms with Crippen molar-refractivity contribution in [1.82, 2.24) is 9.62 Å². The van der Waals surface area contributed by atoms with E-state index in [1.54, 1.807) is 32.3 Å². The Bertz CT molecular complexity index is 655. The Hall–Kier alpha value is -1.44. The molecule has 2 N–H and O–H groups in total. The fourth-order valence-electron chi connectivity index (χ4n) is 3.00. The van der Waals surface area contributed by atoms with Crippen LogP contribution in [0, 0.1) is 0 Å². The van der Waals surface area contributed by atoms with Crippen LogP contribution >= 0.6 is 0 Å². The monoisotopic (exact) mass is 353 g/mol. The number of carbonyl (C=O) groups is 1. The molecule has 0 aliphatic heterocycles. The SMILES string of the molecule is CNCCC(=O)Nc1cccc(S(=O)(=O)N(C)C2CCCCC2)c1. The summed E-state index contributed by atoms with van der Waals surface area (Å²) in [6.45, 7) is 0.578. The van der Waals surface area contributed by atoms with Crippen LogP contribution in [0.25, 0.3) is 0 Å². The fraction of sp³-hybridized carbons (Fsp3) is 0.588. The second kappa shape index (κ2) is 8.60. The molecular weight excluding hydrogens is 326 g/mol. The van der Waals surface area contributed by atoms with Gasteiger partial charge in [-0.05, 0) is 38.1 Å². The van der Waals surface area contributed by atoms with Crippen molar-refractivity contribution in [3.05, 3.63) is 24.3 Å². The molecule has 1 aliphatic rings. The summed E-state index contributed by atoms with van der Waals surface area (Å²) in [7, 11) is -0.109. The molecule has 1 saturated carbocycles. The summed E-state index contributed by atoms with van der Waals surface area (Å²) in [4.78, 5) is 12.0. The molecule has 7 heteroatoms. The largest absolute Gasteiger partial charge is 0.326 e. The summed E-state index contributed by atoms with van der Waals surface area (Å²) in [6, 6.07) is 6.55. The van der Waals surface area contributed by atoms with E-state index in [-0.39, 0.29) is 16.8 Å². The van der Waals surface area contributed by atoms with Gasteiger partial charge in [0.15, 0.2) is 0 Å². The number of nitrogens with zero attached hydrogens (tertiary/aromatic N) is 1. The van der Waals surface area contributed by atoms with Gasteiger partial charge in [0.2, 0.25) is 15.9 Å². The molecule has 0 radical (unpaired) electrons. The normalized spacial score (nSPS) is 16.3. The van der Waals surface area contributed by atoms with E-state index in [2.05, 4.69) is 10.6 Å². The molecule has 0 bridgehead atoms. The number of benzene rings is 1. The average molecular weight is 353 g/mol. The molecule has 1 aliphatic carbocycles.